The summed E-state index contributed by atoms with van der Waals surface area (Å²) in [5.41, 5.74) is 2.60. The summed E-state index contributed by atoms with van der Waals surface area (Å²) >= 11 is 0. The van der Waals surface area contributed by atoms with Crippen LogP contribution in [0, 0.1) is 6.07 Å². The summed E-state index contributed by atoms with van der Waals surface area (Å²) in [6.07, 6.45) is 6.83. The molecule has 0 heterocycles. The Labute approximate surface area is 165 Å². The van der Waals surface area contributed by atoms with Crippen LogP contribution in [0.25, 0.3) is 4.95 Å². The third-order valence-corrected chi connectivity index (χ3v) is 4.07. The van der Waals surface area contributed by atoms with Crippen molar-refractivity contribution >= 4 is 11.7 Å². The van der Waals surface area contributed by atoms with E-state index < -0.39 is 5.97 Å². The molecular formula is C22H23N3O3. The van der Waals surface area contributed by atoms with Crippen LogP contribution in [0.2, 0.25) is 0 Å². The molecular weight excluding hydrogens is 354 g/mol. The lowest BCUT2D eigenvalue weighted by Crippen LogP contribution is -2.36. The van der Waals surface area contributed by atoms with Gasteiger partial charge in [-0.15, -0.1) is 0 Å². The van der Waals surface area contributed by atoms with E-state index in [-0.39, 0.29) is 11.9 Å². The first-order chi connectivity index (χ1) is 13.4. The Morgan fingerprint density at radius 2 is 2.00 bits per heavy atom. The zero-order valence-corrected chi connectivity index (χ0v) is 16.3. The van der Waals surface area contributed by atoms with Gasteiger partial charge in [0.05, 0.1) is 13.2 Å². The number of benzene rings is 1. The van der Waals surface area contributed by atoms with Crippen molar-refractivity contribution in [3.63, 3.8) is 0 Å². The molecule has 0 saturated carbocycles. The van der Waals surface area contributed by atoms with Gasteiger partial charge < -0.3 is 14.7 Å². The molecule has 144 valence electrons. The van der Waals surface area contributed by atoms with Crippen molar-refractivity contribution in [1.82, 2.24) is 4.90 Å². The summed E-state index contributed by atoms with van der Waals surface area (Å²) in [5.74, 6) is -0.943. The predicted octanol–water partition coefficient (Wildman–Crippen LogP) is 3.19. The topological polar surface area (TPSA) is 69.3 Å². The van der Waals surface area contributed by atoms with Crippen LogP contribution in [0.1, 0.15) is 25.5 Å². The number of carbonyl (C=O) groups is 1. The fourth-order valence-electron chi connectivity index (χ4n) is 2.65. The minimum Gasteiger partial charge on any atom is -0.860 e. The van der Waals surface area contributed by atoms with Crippen molar-refractivity contribution < 1.29 is 14.6 Å². The van der Waals surface area contributed by atoms with E-state index in [4.69, 9.17) is 0 Å². The summed E-state index contributed by atoms with van der Waals surface area (Å²) in [6, 6.07) is 11.7. The maximum atomic E-state index is 13.3. The largest absolute Gasteiger partial charge is 0.860 e. The zero-order chi connectivity index (χ0) is 20.5. The Balaban J connectivity index is 2.46. The number of hydrogen-bond acceptors (Lipinski definition) is 5. The van der Waals surface area contributed by atoms with E-state index in [9.17, 15) is 9.90 Å². The van der Waals surface area contributed by atoms with Gasteiger partial charge in [0.1, 0.15) is 10.1 Å². The van der Waals surface area contributed by atoms with Crippen molar-refractivity contribution in [2.45, 2.75) is 19.9 Å². The van der Waals surface area contributed by atoms with Crippen molar-refractivity contribution in [1.29, 1.82) is 0 Å². The Hall–Kier alpha value is -3.59. The van der Waals surface area contributed by atoms with E-state index in [1.807, 2.05) is 44.2 Å². The second-order valence-corrected chi connectivity index (χ2v) is 6.30. The smallest absolute Gasteiger partial charge is 0.463 e. The number of hydrogen-bond donors (Lipinski definition) is 0. The van der Waals surface area contributed by atoms with E-state index in [2.05, 4.69) is 27.4 Å². The van der Waals surface area contributed by atoms with Crippen LogP contribution in [0.4, 0.5) is 0 Å². The van der Waals surface area contributed by atoms with Gasteiger partial charge in [-0.05, 0) is 31.4 Å². The summed E-state index contributed by atoms with van der Waals surface area (Å²) in [7, 11) is 1.22. The molecule has 0 N–H and O–H groups in total. The minimum absolute atomic E-state index is 0.163. The molecule has 1 aliphatic rings. The molecule has 0 saturated heterocycles. The summed E-state index contributed by atoms with van der Waals surface area (Å²) in [6.45, 7) is 8.20. The first-order valence-corrected chi connectivity index (χ1v) is 8.78. The zero-order valence-electron chi connectivity index (χ0n) is 16.3. The highest BCUT2D eigenvalue weighted by Crippen LogP contribution is 2.26. The molecule has 1 aromatic rings. The number of rotatable bonds is 5. The molecule has 28 heavy (non-hydrogen) atoms. The molecule has 1 aromatic carbocycles. The van der Waals surface area contributed by atoms with Gasteiger partial charge >= 0.3 is 12.0 Å². The lowest BCUT2D eigenvalue weighted by Gasteiger charge is -2.38. The van der Waals surface area contributed by atoms with Crippen molar-refractivity contribution in [2.75, 3.05) is 13.7 Å². The first kappa shape index (κ1) is 20.7. The van der Waals surface area contributed by atoms with Crippen molar-refractivity contribution in [3.05, 3.63) is 88.8 Å². The number of ether oxygens (including phenoxy) is 1. The van der Waals surface area contributed by atoms with E-state index >= 15 is 0 Å². The van der Waals surface area contributed by atoms with E-state index in [1.165, 1.54) is 7.11 Å². The van der Waals surface area contributed by atoms with Crippen LogP contribution in [-0.2, 0) is 9.53 Å². The average Bonchev–Trinajstić information content (AvgIpc) is 2.71. The van der Waals surface area contributed by atoms with Crippen LogP contribution >= 0.6 is 0 Å². The molecule has 0 fully saturated rings. The van der Waals surface area contributed by atoms with Gasteiger partial charge in [-0.2, -0.15) is 0 Å². The highest BCUT2D eigenvalue weighted by atomic mass is 16.5. The molecule has 1 atom stereocenters. The fraction of sp³-hybridized carbons (Fsp3) is 0.227. The predicted molar refractivity (Wildman–Crippen MR) is 108 cm³/mol. The Morgan fingerprint density at radius 1 is 1.32 bits per heavy atom. The molecule has 0 aliphatic heterocycles. The number of allylic oxidation sites excluding steroid dienone is 5. The molecule has 1 aliphatic carbocycles. The standard InChI is InChI=1S/C22H23N3O3/c1-16(2)15-25(17(3)18-10-6-5-7-11-18)22(27)19-12-8-9-13-20(19)24-23-14-21(26)28-4/h5-13,17H,1,15H2,2-4H3/t17-/m0/s1. The fourth-order valence-corrected chi connectivity index (χ4v) is 2.65. The lowest BCUT2D eigenvalue weighted by atomic mass is 10.0. The molecule has 0 aromatic heterocycles. The molecule has 0 spiro atoms. The monoisotopic (exact) mass is 377 g/mol. The number of nitrogens with zero attached hydrogens (tertiary/aromatic N) is 3. The molecule has 0 bridgehead atoms. The SMILES string of the molecule is C=C(C)CN(/C([O-])=C1/C=CC=C/C1=N\[N+]#CC(=O)OC)[C@@H](C)c1ccccc1. The summed E-state index contributed by atoms with van der Waals surface area (Å²) in [5, 5.41) is 17.3. The maximum absolute atomic E-state index is 13.3. The summed E-state index contributed by atoms with van der Waals surface area (Å²) in [4.78, 5) is 16.5. The van der Waals surface area contributed by atoms with Gasteiger partial charge in [-0.1, -0.05) is 60.7 Å². The molecule has 6 heteroatoms. The highest BCUT2D eigenvalue weighted by Gasteiger charge is 2.19. The van der Waals surface area contributed by atoms with E-state index in [0.717, 1.165) is 11.1 Å². The average molecular weight is 377 g/mol. The Kier molecular flexibility index (Phi) is 7.35. The molecule has 6 nitrogen and oxygen atoms in total. The summed E-state index contributed by atoms with van der Waals surface area (Å²) < 4.78 is 4.44. The Morgan fingerprint density at radius 3 is 2.64 bits per heavy atom. The second-order valence-electron chi connectivity index (χ2n) is 6.30. The van der Waals surface area contributed by atoms with E-state index in [1.54, 1.807) is 29.2 Å². The molecule has 0 amide bonds. The third kappa shape index (κ3) is 5.45. The number of carbonyl (C=O) groups excluding carboxylic acids is 1. The lowest BCUT2D eigenvalue weighted by molar-refractivity contribution is -0.336. The van der Waals surface area contributed by atoms with Crippen molar-refractivity contribution in [2.24, 2.45) is 5.10 Å². The second kappa shape index (κ2) is 9.93. The van der Waals surface area contributed by atoms with Crippen molar-refractivity contribution in [3.8, 4) is 6.07 Å². The molecule has 0 unspecified atom stereocenters. The van der Waals surface area contributed by atoms with Gasteiger partial charge in [0, 0.05) is 12.1 Å². The highest BCUT2D eigenvalue weighted by molar-refractivity contribution is 6.12. The van der Waals surface area contributed by atoms with Crippen LogP contribution in [0.5, 0.6) is 0 Å². The minimum atomic E-state index is -0.742. The van der Waals surface area contributed by atoms with Crippen LogP contribution in [0.15, 0.2) is 83.3 Å². The van der Waals surface area contributed by atoms with Gasteiger partial charge in [-0.25, -0.2) is 4.79 Å². The van der Waals surface area contributed by atoms with Gasteiger partial charge in [0.25, 0.3) is 0 Å². The molecule has 0 radical (unpaired) electrons. The van der Waals surface area contributed by atoms with Gasteiger partial charge in [0.15, 0.2) is 5.71 Å². The normalized spacial score (nSPS) is 16.8. The number of methoxy groups -OCH3 is 1. The van der Waals surface area contributed by atoms with Crippen LogP contribution < -0.4 is 5.11 Å². The van der Waals surface area contributed by atoms with E-state index in [0.29, 0.717) is 17.8 Å². The quantitative estimate of drug-likeness (QED) is 0.260. The maximum Gasteiger partial charge on any atom is 0.463 e. The van der Waals surface area contributed by atoms with Gasteiger partial charge in [0.2, 0.25) is 0 Å². The third-order valence-electron chi connectivity index (χ3n) is 4.07. The van der Waals surface area contributed by atoms with Crippen LogP contribution in [-0.4, -0.2) is 30.2 Å². The Bertz CT molecular complexity index is 915. The first-order valence-electron chi connectivity index (χ1n) is 8.78. The number of esters is 1. The van der Waals surface area contributed by atoms with Gasteiger partial charge in [-0.3, -0.25) is 0 Å². The molecule has 2 rings (SSSR count). The van der Waals surface area contributed by atoms with Crippen LogP contribution in [0.3, 0.4) is 0 Å².